The normalized spacial score (nSPS) is 12.0. The molecule has 1 heterocycles. The molecule has 2 aromatic rings. The van der Waals surface area contributed by atoms with E-state index in [0.29, 0.717) is 11.0 Å². The van der Waals surface area contributed by atoms with Gasteiger partial charge < -0.3 is 9.67 Å². The predicted molar refractivity (Wildman–Crippen MR) is 61.1 cm³/mol. The summed E-state index contributed by atoms with van der Waals surface area (Å²) in [5, 5.41) is 9.04. The number of aromatic nitrogens is 2. The van der Waals surface area contributed by atoms with Crippen LogP contribution in [-0.4, -0.2) is 20.6 Å². The summed E-state index contributed by atoms with van der Waals surface area (Å²) < 4.78 is 27.7. The van der Waals surface area contributed by atoms with Crippen molar-refractivity contribution in [3.63, 3.8) is 0 Å². The number of carboxylic acid groups (broad SMARTS) is 1. The van der Waals surface area contributed by atoms with Gasteiger partial charge in [-0.15, -0.1) is 0 Å². The number of carboxylic acids is 1. The Bertz CT molecular complexity index is 620. The molecule has 0 atom stereocenters. The standard InChI is InChI=1S/C12H12F2N2O2/c1-12(2,11(17)18)5-16-6-15-9-3-7(13)8(14)4-10(9)16/h3-4,6H,5H2,1-2H3,(H,17,18). The highest BCUT2D eigenvalue weighted by Gasteiger charge is 2.28. The molecule has 0 aliphatic rings. The Morgan fingerprint density at radius 2 is 2.00 bits per heavy atom. The van der Waals surface area contributed by atoms with E-state index in [-0.39, 0.29) is 6.54 Å². The zero-order valence-corrected chi connectivity index (χ0v) is 9.94. The van der Waals surface area contributed by atoms with Crippen molar-refractivity contribution in [3.05, 3.63) is 30.1 Å². The van der Waals surface area contributed by atoms with E-state index in [1.807, 2.05) is 0 Å². The second-order valence-electron chi connectivity index (χ2n) is 4.82. The number of nitrogens with zero attached hydrogens (tertiary/aromatic N) is 2. The molecule has 0 amide bonds. The first kappa shape index (κ1) is 12.5. The third-order valence-corrected chi connectivity index (χ3v) is 2.81. The van der Waals surface area contributed by atoms with Gasteiger partial charge in [0, 0.05) is 18.7 Å². The third kappa shape index (κ3) is 2.05. The first-order chi connectivity index (χ1) is 8.31. The van der Waals surface area contributed by atoms with Crippen LogP contribution in [0.25, 0.3) is 11.0 Å². The molecule has 0 aliphatic heterocycles. The summed E-state index contributed by atoms with van der Waals surface area (Å²) in [7, 11) is 0. The second-order valence-corrected chi connectivity index (χ2v) is 4.82. The van der Waals surface area contributed by atoms with E-state index in [1.165, 1.54) is 10.9 Å². The van der Waals surface area contributed by atoms with Gasteiger partial charge in [-0.1, -0.05) is 0 Å². The van der Waals surface area contributed by atoms with Crippen molar-refractivity contribution in [1.29, 1.82) is 0 Å². The highest BCUT2D eigenvalue weighted by Crippen LogP contribution is 2.23. The Kier molecular flexibility index (Phi) is 2.80. The molecule has 0 aliphatic carbocycles. The summed E-state index contributed by atoms with van der Waals surface area (Å²) in [5.74, 6) is -2.91. The van der Waals surface area contributed by atoms with Gasteiger partial charge in [-0.25, -0.2) is 13.8 Å². The van der Waals surface area contributed by atoms with E-state index < -0.39 is 23.0 Å². The van der Waals surface area contributed by atoms with E-state index in [4.69, 9.17) is 5.11 Å². The average Bonchev–Trinajstić information content (AvgIpc) is 2.61. The maximum atomic E-state index is 13.2. The quantitative estimate of drug-likeness (QED) is 0.915. The van der Waals surface area contributed by atoms with Gasteiger partial charge in [0.2, 0.25) is 0 Å². The average molecular weight is 254 g/mol. The summed E-state index contributed by atoms with van der Waals surface area (Å²) in [4.78, 5) is 15.0. The zero-order chi connectivity index (χ0) is 13.5. The Hall–Kier alpha value is -1.98. The number of fused-ring (bicyclic) bond motifs is 1. The lowest BCUT2D eigenvalue weighted by molar-refractivity contribution is -0.147. The number of aliphatic carboxylic acids is 1. The largest absolute Gasteiger partial charge is 0.481 e. The molecule has 6 heteroatoms. The molecule has 0 unspecified atom stereocenters. The van der Waals surface area contributed by atoms with Crippen molar-refractivity contribution in [3.8, 4) is 0 Å². The van der Waals surface area contributed by atoms with Gasteiger partial charge in [0.05, 0.1) is 22.8 Å². The highest BCUT2D eigenvalue weighted by atomic mass is 19.2. The van der Waals surface area contributed by atoms with Crippen LogP contribution in [-0.2, 0) is 11.3 Å². The van der Waals surface area contributed by atoms with Crippen molar-refractivity contribution in [2.24, 2.45) is 5.41 Å². The van der Waals surface area contributed by atoms with Gasteiger partial charge >= 0.3 is 5.97 Å². The fraction of sp³-hybridized carbons (Fsp3) is 0.333. The Morgan fingerprint density at radius 3 is 2.61 bits per heavy atom. The Labute approximate surface area is 102 Å². The van der Waals surface area contributed by atoms with Crippen molar-refractivity contribution in [2.75, 3.05) is 0 Å². The number of imidazole rings is 1. The van der Waals surface area contributed by atoms with Crippen LogP contribution in [0, 0.1) is 17.0 Å². The van der Waals surface area contributed by atoms with Crippen LogP contribution in [0.4, 0.5) is 8.78 Å². The number of halogens is 2. The molecule has 2 rings (SSSR count). The molecule has 0 saturated carbocycles. The number of benzene rings is 1. The molecule has 0 saturated heterocycles. The number of hydrogen-bond acceptors (Lipinski definition) is 2. The zero-order valence-electron chi connectivity index (χ0n) is 9.94. The first-order valence-corrected chi connectivity index (χ1v) is 5.34. The third-order valence-electron chi connectivity index (χ3n) is 2.81. The minimum Gasteiger partial charge on any atom is -0.481 e. The summed E-state index contributed by atoms with van der Waals surface area (Å²) in [6, 6.07) is 2.02. The second kappa shape index (κ2) is 4.04. The predicted octanol–water partition coefficient (Wildman–Crippen LogP) is 2.43. The molecule has 1 aromatic heterocycles. The van der Waals surface area contributed by atoms with Crippen LogP contribution in [0.1, 0.15) is 13.8 Å². The van der Waals surface area contributed by atoms with Gasteiger partial charge in [-0.05, 0) is 13.8 Å². The van der Waals surface area contributed by atoms with Crippen molar-refractivity contribution >= 4 is 17.0 Å². The molecule has 0 spiro atoms. The lowest BCUT2D eigenvalue weighted by atomic mass is 9.94. The fourth-order valence-corrected chi connectivity index (χ4v) is 1.67. The van der Waals surface area contributed by atoms with Gasteiger partial charge in [-0.2, -0.15) is 0 Å². The summed E-state index contributed by atoms with van der Waals surface area (Å²) in [5.41, 5.74) is -0.336. The lowest BCUT2D eigenvalue weighted by Gasteiger charge is -2.19. The van der Waals surface area contributed by atoms with Crippen molar-refractivity contribution < 1.29 is 18.7 Å². The molecule has 1 N–H and O–H groups in total. The Balaban J connectivity index is 2.47. The van der Waals surface area contributed by atoms with E-state index in [1.54, 1.807) is 13.8 Å². The minimum absolute atomic E-state index is 0.129. The van der Waals surface area contributed by atoms with Gasteiger partial charge in [0.25, 0.3) is 0 Å². The molecule has 1 aromatic carbocycles. The summed E-state index contributed by atoms with van der Waals surface area (Å²) >= 11 is 0. The number of rotatable bonds is 3. The van der Waals surface area contributed by atoms with Crippen LogP contribution in [0.5, 0.6) is 0 Å². The summed E-state index contributed by atoms with van der Waals surface area (Å²) in [6.07, 6.45) is 1.38. The van der Waals surface area contributed by atoms with Crippen molar-refractivity contribution in [1.82, 2.24) is 9.55 Å². The van der Waals surface area contributed by atoms with Gasteiger partial charge in [0.15, 0.2) is 11.6 Å². The lowest BCUT2D eigenvalue weighted by Crippen LogP contribution is -2.28. The summed E-state index contributed by atoms with van der Waals surface area (Å²) in [6.45, 7) is 3.24. The maximum Gasteiger partial charge on any atom is 0.310 e. The van der Waals surface area contributed by atoms with E-state index >= 15 is 0 Å². The fourth-order valence-electron chi connectivity index (χ4n) is 1.67. The van der Waals surface area contributed by atoms with E-state index in [2.05, 4.69) is 4.98 Å². The van der Waals surface area contributed by atoms with Gasteiger partial charge in [0.1, 0.15) is 0 Å². The molecule has 0 bridgehead atoms. The monoisotopic (exact) mass is 254 g/mol. The van der Waals surface area contributed by atoms with E-state index in [0.717, 1.165) is 12.1 Å². The van der Waals surface area contributed by atoms with Crippen LogP contribution >= 0.6 is 0 Å². The van der Waals surface area contributed by atoms with Gasteiger partial charge in [-0.3, -0.25) is 4.79 Å². The van der Waals surface area contributed by atoms with Crippen LogP contribution in [0.3, 0.4) is 0 Å². The molecule has 0 radical (unpaired) electrons. The highest BCUT2D eigenvalue weighted by molar-refractivity contribution is 5.77. The number of hydrogen-bond donors (Lipinski definition) is 1. The SMILES string of the molecule is CC(C)(Cn1cnc2cc(F)c(F)cc21)C(=O)O. The molecular weight excluding hydrogens is 242 g/mol. The molecule has 0 fully saturated rings. The van der Waals surface area contributed by atoms with Crippen molar-refractivity contribution in [2.45, 2.75) is 20.4 Å². The molecule has 96 valence electrons. The minimum atomic E-state index is -1.02. The first-order valence-electron chi connectivity index (χ1n) is 5.34. The molecule has 4 nitrogen and oxygen atoms in total. The smallest absolute Gasteiger partial charge is 0.310 e. The van der Waals surface area contributed by atoms with Crippen LogP contribution in [0.15, 0.2) is 18.5 Å². The molecule has 18 heavy (non-hydrogen) atoms. The molecular formula is C12H12F2N2O2. The Morgan fingerprint density at radius 1 is 1.39 bits per heavy atom. The number of carbonyl (C=O) groups is 1. The van der Waals surface area contributed by atoms with Crippen LogP contribution < -0.4 is 0 Å². The van der Waals surface area contributed by atoms with Crippen LogP contribution in [0.2, 0.25) is 0 Å². The topological polar surface area (TPSA) is 55.1 Å². The maximum absolute atomic E-state index is 13.2. The van der Waals surface area contributed by atoms with E-state index in [9.17, 15) is 13.6 Å².